The van der Waals surface area contributed by atoms with Gasteiger partial charge in [-0.1, -0.05) is 116 Å². The standard InChI is InChI=1S/C35H52O7Si.C27H44O6Si/c1-25(26(2)42-43(9,10)34(3,4)5)16-21-30(39-33(36)28-14-12-11-13-15-28)32-31(40-35(6,7)41-32)22-23-38-24-27-17-19-29(37-8)20-18-27;1-19(20(2)33-34(8,9)26(3,4)5)15-16-22(30-25(29)21-13-11-10-12-14-21)24-23(17-18-28)31-27(6,7)32-24/h11-21,25-26,30-32H,22-24H2,1-10H3;10-16,19-20,22-24,28H,17-18H2,1-9H3/b21-16-;16-15-/t25-,26+,30?,31+,32-;19-,20+,22?,23+,24-/m11/s1. The third-order valence-electron chi connectivity index (χ3n) is 15.2. The minimum Gasteiger partial charge on any atom is -0.497 e. The zero-order valence-corrected chi connectivity index (χ0v) is 52.0. The maximum absolute atomic E-state index is 13.2. The van der Waals surface area contributed by atoms with Crippen LogP contribution in [-0.4, -0.2) is 114 Å². The van der Waals surface area contributed by atoms with Gasteiger partial charge in [-0.25, -0.2) is 9.59 Å². The van der Waals surface area contributed by atoms with E-state index < -0.39 is 70.7 Å². The lowest BCUT2D eigenvalue weighted by molar-refractivity contribution is -0.154. The van der Waals surface area contributed by atoms with E-state index in [-0.39, 0.29) is 46.8 Å². The highest BCUT2D eigenvalue weighted by Crippen LogP contribution is 2.40. The SMILES string of the molecule is COc1ccc(COCC[C@@H]2OC(C)(C)O[C@@H]2C(/C=C\[C@@H](C)[C@H](C)O[Si](C)(C)C(C)(C)C)OC(=O)c2ccccc2)cc1.C[C@H](/C=C\C(OC(=O)c1ccccc1)[C@H]1OC(C)(C)O[C@H]1CCO)[C@H](C)O[Si](C)(C)C(C)(C)C. The van der Waals surface area contributed by atoms with Gasteiger partial charge < -0.3 is 51.9 Å². The summed E-state index contributed by atoms with van der Waals surface area (Å²) in [5, 5.41) is 9.78. The predicted molar refractivity (Wildman–Crippen MR) is 310 cm³/mol. The number of methoxy groups -OCH3 is 1. The van der Waals surface area contributed by atoms with Crippen molar-refractivity contribution in [1.29, 1.82) is 0 Å². The van der Waals surface area contributed by atoms with Crippen LogP contribution in [0.4, 0.5) is 0 Å². The van der Waals surface area contributed by atoms with E-state index in [1.165, 1.54) is 0 Å². The second kappa shape index (κ2) is 28.4. The first-order valence-electron chi connectivity index (χ1n) is 27.6. The van der Waals surface area contributed by atoms with E-state index >= 15 is 0 Å². The van der Waals surface area contributed by atoms with Crippen LogP contribution in [0.15, 0.2) is 109 Å². The van der Waals surface area contributed by atoms with Crippen LogP contribution in [0.3, 0.4) is 0 Å². The molecule has 3 aromatic carbocycles. The Morgan fingerprint density at radius 3 is 1.35 bits per heavy atom. The Labute approximate surface area is 464 Å². The second-order valence-electron chi connectivity index (χ2n) is 24.6. The van der Waals surface area contributed by atoms with E-state index in [1.807, 2.05) is 94.5 Å². The number of hydrogen-bond donors (Lipinski definition) is 1. The molecule has 0 aromatic heterocycles. The van der Waals surface area contributed by atoms with E-state index in [0.717, 1.165) is 11.3 Å². The average Bonchev–Trinajstić information content (AvgIpc) is 3.84. The van der Waals surface area contributed by atoms with E-state index in [2.05, 4.69) is 102 Å². The number of carbonyl (C=O) groups excluding carboxylic acids is 2. The minimum absolute atomic E-state index is 0.00181. The Morgan fingerprint density at radius 1 is 0.597 bits per heavy atom. The van der Waals surface area contributed by atoms with Crippen molar-refractivity contribution in [2.75, 3.05) is 20.3 Å². The van der Waals surface area contributed by atoms with Gasteiger partial charge in [0.05, 0.1) is 37.1 Å². The molecule has 2 saturated heterocycles. The first kappa shape index (κ1) is 65.5. The molecule has 0 amide bonds. The molecule has 0 saturated carbocycles. The van der Waals surface area contributed by atoms with Crippen molar-refractivity contribution < 1.29 is 61.4 Å². The summed E-state index contributed by atoms with van der Waals surface area (Å²) in [6.45, 7) is 39.2. The molecule has 15 heteroatoms. The summed E-state index contributed by atoms with van der Waals surface area (Å²) in [7, 11) is -2.21. The summed E-state index contributed by atoms with van der Waals surface area (Å²) in [6, 6.07) is 25.7. The Balaban J connectivity index is 0.000000342. The van der Waals surface area contributed by atoms with Crippen LogP contribution in [0.2, 0.25) is 36.3 Å². The number of hydrogen-bond acceptors (Lipinski definition) is 13. The van der Waals surface area contributed by atoms with Gasteiger partial charge in [0.25, 0.3) is 0 Å². The fourth-order valence-corrected chi connectivity index (χ4v) is 11.3. The lowest BCUT2D eigenvalue weighted by Crippen LogP contribution is -2.44. The molecule has 0 bridgehead atoms. The molecule has 430 valence electrons. The molecule has 3 aromatic rings. The quantitative estimate of drug-likeness (QED) is 0.0393. The van der Waals surface area contributed by atoms with Crippen molar-refractivity contribution in [1.82, 2.24) is 0 Å². The predicted octanol–water partition coefficient (Wildman–Crippen LogP) is 13.7. The van der Waals surface area contributed by atoms with Crippen LogP contribution in [0, 0.1) is 11.8 Å². The van der Waals surface area contributed by atoms with E-state index in [1.54, 1.807) is 43.5 Å². The molecule has 2 aliphatic heterocycles. The van der Waals surface area contributed by atoms with Gasteiger partial charge in [-0.3, -0.25) is 0 Å². The van der Waals surface area contributed by atoms with Crippen LogP contribution in [-0.2, 0) is 48.6 Å². The molecule has 1 N–H and O–H groups in total. The van der Waals surface area contributed by atoms with Crippen molar-refractivity contribution in [3.05, 3.63) is 126 Å². The van der Waals surface area contributed by atoms with Crippen LogP contribution < -0.4 is 4.74 Å². The van der Waals surface area contributed by atoms with Gasteiger partial charge in [0, 0.05) is 25.4 Å². The number of carbonyl (C=O) groups is 2. The van der Waals surface area contributed by atoms with Crippen LogP contribution in [0.25, 0.3) is 0 Å². The average molecular weight is 1110 g/mol. The van der Waals surface area contributed by atoms with Crippen molar-refractivity contribution >= 4 is 28.6 Å². The Bertz CT molecular complexity index is 2300. The van der Waals surface area contributed by atoms with E-state index in [0.29, 0.717) is 37.2 Å². The largest absolute Gasteiger partial charge is 0.497 e. The van der Waals surface area contributed by atoms with E-state index in [4.69, 9.17) is 46.7 Å². The van der Waals surface area contributed by atoms with Crippen molar-refractivity contribution in [3.63, 3.8) is 0 Å². The summed E-state index contributed by atoms with van der Waals surface area (Å²) in [5.74, 6) is -1.50. The topological polar surface area (TPSA) is 147 Å². The van der Waals surface area contributed by atoms with Gasteiger partial charge in [0.2, 0.25) is 0 Å². The Hall–Kier alpha value is -4.01. The van der Waals surface area contributed by atoms with Crippen LogP contribution in [0.5, 0.6) is 5.75 Å². The second-order valence-corrected chi connectivity index (χ2v) is 34.1. The fourth-order valence-electron chi connectivity index (χ4n) is 8.31. The number of ether oxygens (including phenoxy) is 8. The molecular formula is C62H96O13Si2. The van der Waals surface area contributed by atoms with Crippen molar-refractivity contribution in [2.45, 2.75) is 213 Å². The third-order valence-corrected chi connectivity index (χ3v) is 24.4. The number of aliphatic hydroxyl groups is 1. The lowest BCUT2D eigenvalue weighted by Gasteiger charge is -2.39. The van der Waals surface area contributed by atoms with Gasteiger partial charge >= 0.3 is 11.9 Å². The molecule has 2 heterocycles. The molecule has 13 nitrogen and oxygen atoms in total. The number of benzene rings is 3. The molecule has 0 radical (unpaired) electrons. The monoisotopic (exact) mass is 1100 g/mol. The Morgan fingerprint density at radius 2 is 0.987 bits per heavy atom. The molecule has 77 heavy (non-hydrogen) atoms. The van der Waals surface area contributed by atoms with Gasteiger partial charge in [0.15, 0.2) is 28.2 Å². The van der Waals surface area contributed by atoms with Gasteiger partial charge in [0.1, 0.15) is 30.2 Å². The third kappa shape index (κ3) is 20.2. The molecular weight excluding hydrogens is 1010 g/mol. The molecule has 2 aliphatic rings. The number of esters is 2. The maximum Gasteiger partial charge on any atom is 0.338 e. The lowest BCUT2D eigenvalue weighted by atomic mass is 10.0. The van der Waals surface area contributed by atoms with Crippen molar-refractivity contribution in [3.8, 4) is 5.75 Å². The van der Waals surface area contributed by atoms with Gasteiger partial charge in [-0.2, -0.15) is 0 Å². The molecule has 0 spiro atoms. The molecule has 0 aliphatic carbocycles. The Kier molecular flexibility index (Phi) is 24.2. The molecule has 2 fully saturated rings. The maximum atomic E-state index is 13.2. The van der Waals surface area contributed by atoms with Crippen LogP contribution in [0.1, 0.15) is 136 Å². The summed E-state index contributed by atoms with van der Waals surface area (Å²) in [4.78, 5) is 26.1. The van der Waals surface area contributed by atoms with Gasteiger partial charge in [-0.05, 0) is 157 Å². The summed E-state index contributed by atoms with van der Waals surface area (Å²) in [6.07, 6.45) is 5.82. The highest BCUT2D eigenvalue weighted by molar-refractivity contribution is 6.74. The number of aliphatic hydroxyl groups excluding tert-OH is 1. The zero-order chi connectivity index (χ0) is 57.6. The first-order valence-corrected chi connectivity index (χ1v) is 33.4. The van der Waals surface area contributed by atoms with Gasteiger partial charge in [-0.15, -0.1) is 0 Å². The first-order chi connectivity index (χ1) is 35.8. The summed E-state index contributed by atoms with van der Waals surface area (Å²) < 4.78 is 61.3. The summed E-state index contributed by atoms with van der Waals surface area (Å²) >= 11 is 0. The fraction of sp³-hybridized carbons (Fsp3) is 0.613. The number of rotatable bonds is 24. The molecule has 10 atom stereocenters. The van der Waals surface area contributed by atoms with E-state index in [9.17, 15) is 14.7 Å². The van der Waals surface area contributed by atoms with Crippen molar-refractivity contribution in [2.24, 2.45) is 11.8 Å². The highest BCUT2D eigenvalue weighted by Gasteiger charge is 2.48. The highest BCUT2D eigenvalue weighted by atomic mass is 28.4. The smallest absolute Gasteiger partial charge is 0.338 e. The zero-order valence-electron chi connectivity index (χ0n) is 50.0. The summed E-state index contributed by atoms with van der Waals surface area (Å²) in [5.41, 5.74) is 2.02. The normalized spacial score (nSPS) is 22.1. The minimum atomic E-state index is -1.95. The van der Waals surface area contributed by atoms with Crippen LogP contribution >= 0.6 is 0 Å². The molecule has 5 rings (SSSR count). The molecule has 2 unspecified atom stereocenters.